The molecule has 1 unspecified atom stereocenters. The van der Waals surface area contributed by atoms with E-state index in [4.69, 9.17) is 11.6 Å². The Balaban J connectivity index is 2.76. The number of anilines is 1. The van der Waals surface area contributed by atoms with Crippen LogP contribution < -0.4 is 4.31 Å². The first-order valence-corrected chi connectivity index (χ1v) is 9.50. The lowest BCUT2D eigenvalue weighted by atomic mass is 10.3. The van der Waals surface area contributed by atoms with Crippen LogP contribution in [0.25, 0.3) is 0 Å². The minimum absolute atomic E-state index is 0.141. The van der Waals surface area contributed by atoms with Gasteiger partial charge in [-0.15, -0.1) is 0 Å². The van der Waals surface area contributed by atoms with Gasteiger partial charge >= 0.3 is 0 Å². The maximum Gasteiger partial charge on any atom is 0.289 e. The largest absolute Gasteiger partial charge is 0.289 e. The van der Waals surface area contributed by atoms with E-state index in [1.165, 1.54) is 25.1 Å². The third kappa shape index (κ3) is 3.83. The van der Waals surface area contributed by atoms with Crippen LogP contribution in [0.3, 0.4) is 0 Å². The smallest absolute Gasteiger partial charge is 0.279 e. The van der Waals surface area contributed by atoms with Gasteiger partial charge < -0.3 is 0 Å². The third-order valence-corrected chi connectivity index (χ3v) is 6.29. The molecule has 0 spiro atoms. The Morgan fingerprint density at radius 2 is 1.76 bits per heavy atom. The van der Waals surface area contributed by atoms with E-state index < -0.39 is 36.8 Å². The van der Waals surface area contributed by atoms with Gasteiger partial charge in [-0.2, -0.15) is 0 Å². The van der Waals surface area contributed by atoms with Crippen LogP contribution in [0.5, 0.6) is 0 Å². The van der Waals surface area contributed by atoms with E-state index in [1.54, 1.807) is 18.2 Å². The van der Waals surface area contributed by atoms with Crippen molar-refractivity contribution in [1.29, 1.82) is 0 Å². The highest BCUT2D eigenvalue weighted by molar-refractivity contribution is 9.10. The average Bonchev–Trinajstić information content (AvgIpc) is 2.56. The lowest BCUT2D eigenvalue weighted by Gasteiger charge is -2.29. The summed E-state index contributed by atoms with van der Waals surface area (Å²) in [5.41, 5.74) is -0.448. The first kappa shape index (κ1) is 19.4. The van der Waals surface area contributed by atoms with Crippen LogP contribution in [0.15, 0.2) is 57.9 Å². The number of carbonyl (C=O) groups excluding carboxylic acids is 1. The van der Waals surface area contributed by atoms with Gasteiger partial charge in [0, 0.05) is 10.5 Å². The molecule has 0 aliphatic heterocycles. The number of nitrogens with zero attached hydrogens (tertiary/aromatic N) is 2. The van der Waals surface area contributed by atoms with E-state index >= 15 is 0 Å². The second-order valence-electron chi connectivity index (χ2n) is 4.96. The number of para-hydroxylation sites is 2. The minimum Gasteiger partial charge on any atom is -0.279 e. The zero-order chi connectivity index (χ0) is 18.8. The standard InChI is InChI=1S/C15H12BrClN2O5S/c1-10(15(17)20)18(12-7-3-2-6-11(12)16)25(23,24)14-9-5-4-8-13(14)19(21)22/h2-10H,1H3. The number of nitro benzene ring substituents is 1. The molecule has 0 N–H and O–H groups in total. The van der Waals surface area contributed by atoms with E-state index in [0.717, 1.165) is 16.4 Å². The van der Waals surface area contributed by atoms with Crippen molar-refractivity contribution in [3.63, 3.8) is 0 Å². The lowest BCUT2D eigenvalue weighted by molar-refractivity contribution is -0.387. The van der Waals surface area contributed by atoms with Gasteiger partial charge in [-0.1, -0.05) is 24.3 Å². The molecule has 10 heteroatoms. The number of sulfonamides is 1. The molecule has 1 atom stereocenters. The number of nitro groups is 1. The minimum atomic E-state index is -4.44. The summed E-state index contributed by atoms with van der Waals surface area (Å²) in [7, 11) is -4.44. The summed E-state index contributed by atoms with van der Waals surface area (Å²) in [6, 6.07) is 9.94. The number of hydrogen-bond acceptors (Lipinski definition) is 5. The topological polar surface area (TPSA) is 97.6 Å². The maximum atomic E-state index is 13.1. The van der Waals surface area contributed by atoms with Crippen LogP contribution in [-0.2, 0) is 14.8 Å². The monoisotopic (exact) mass is 446 g/mol. The van der Waals surface area contributed by atoms with Crippen LogP contribution in [0.4, 0.5) is 11.4 Å². The third-order valence-electron chi connectivity index (χ3n) is 3.37. The quantitative estimate of drug-likeness (QED) is 0.382. The van der Waals surface area contributed by atoms with Gasteiger partial charge in [-0.3, -0.25) is 19.2 Å². The molecule has 2 aromatic rings. The maximum absolute atomic E-state index is 13.1. The van der Waals surface area contributed by atoms with Crippen molar-refractivity contribution in [3.05, 3.63) is 63.1 Å². The van der Waals surface area contributed by atoms with Gasteiger partial charge in [0.2, 0.25) is 5.24 Å². The molecule has 0 fully saturated rings. The molecule has 0 saturated heterocycles. The molecule has 0 radical (unpaired) electrons. The summed E-state index contributed by atoms with van der Waals surface area (Å²) < 4.78 is 27.5. The van der Waals surface area contributed by atoms with Gasteiger partial charge in [0.25, 0.3) is 15.7 Å². The van der Waals surface area contributed by atoms with Crippen LogP contribution >= 0.6 is 27.5 Å². The molecule has 0 aliphatic carbocycles. The number of rotatable bonds is 6. The molecule has 0 amide bonds. The Morgan fingerprint density at radius 1 is 1.20 bits per heavy atom. The molecule has 25 heavy (non-hydrogen) atoms. The van der Waals surface area contributed by atoms with E-state index in [0.29, 0.717) is 4.47 Å². The second kappa shape index (κ2) is 7.51. The Kier molecular flexibility index (Phi) is 5.81. The molecule has 2 rings (SSSR count). The molecule has 0 heterocycles. The summed E-state index contributed by atoms with van der Waals surface area (Å²) in [6.45, 7) is 1.31. The zero-order valence-electron chi connectivity index (χ0n) is 12.8. The number of hydrogen-bond donors (Lipinski definition) is 0. The van der Waals surface area contributed by atoms with E-state index in [2.05, 4.69) is 15.9 Å². The van der Waals surface area contributed by atoms with Gasteiger partial charge in [0.1, 0.15) is 6.04 Å². The first-order valence-electron chi connectivity index (χ1n) is 6.89. The van der Waals surface area contributed by atoms with E-state index in [9.17, 15) is 23.3 Å². The summed E-state index contributed by atoms with van der Waals surface area (Å²) >= 11 is 8.76. The summed E-state index contributed by atoms with van der Waals surface area (Å²) in [5.74, 6) is 0. The predicted molar refractivity (Wildman–Crippen MR) is 97.2 cm³/mol. The van der Waals surface area contributed by atoms with Gasteiger partial charge in [-0.05, 0) is 52.7 Å². The highest BCUT2D eigenvalue weighted by Gasteiger charge is 2.37. The molecule has 0 aromatic heterocycles. The van der Waals surface area contributed by atoms with Crippen molar-refractivity contribution >= 4 is 54.2 Å². The average molecular weight is 448 g/mol. The summed E-state index contributed by atoms with van der Waals surface area (Å²) in [6.07, 6.45) is 0. The van der Waals surface area contributed by atoms with Crippen LogP contribution in [-0.4, -0.2) is 24.6 Å². The molecule has 132 valence electrons. The Hall–Kier alpha value is -1.97. The number of halogens is 2. The van der Waals surface area contributed by atoms with Gasteiger partial charge in [0.05, 0.1) is 10.6 Å². The first-order chi connectivity index (χ1) is 11.7. The van der Waals surface area contributed by atoms with Crippen molar-refractivity contribution in [3.8, 4) is 0 Å². The Morgan fingerprint density at radius 3 is 2.32 bits per heavy atom. The lowest BCUT2D eigenvalue weighted by Crippen LogP contribution is -2.42. The Labute approximate surface area is 157 Å². The normalized spacial score (nSPS) is 12.4. The number of benzene rings is 2. The molecule has 7 nitrogen and oxygen atoms in total. The van der Waals surface area contributed by atoms with Crippen LogP contribution in [0.2, 0.25) is 0 Å². The van der Waals surface area contributed by atoms with Crippen molar-refractivity contribution in [1.82, 2.24) is 0 Å². The fourth-order valence-electron chi connectivity index (χ4n) is 2.20. The summed E-state index contributed by atoms with van der Waals surface area (Å²) in [4.78, 5) is 21.6. The van der Waals surface area contributed by atoms with E-state index in [1.807, 2.05) is 0 Å². The number of carbonyl (C=O) groups is 1. The SMILES string of the molecule is CC(C(=O)Cl)N(c1ccccc1Br)S(=O)(=O)c1ccccc1[N+](=O)[O-]. The predicted octanol–water partition coefficient (Wildman–Crippen LogP) is 3.71. The Bertz CT molecular complexity index is 935. The molecule has 0 saturated carbocycles. The van der Waals surface area contributed by atoms with Crippen LogP contribution in [0.1, 0.15) is 6.92 Å². The van der Waals surface area contributed by atoms with Gasteiger partial charge in [0.15, 0.2) is 4.90 Å². The molecule has 0 bridgehead atoms. The van der Waals surface area contributed by atoms with E-state index in [-0.39, 0.29) is 5.69 Å². The van der Waals surface area contributed by atoms with Gasteiger partial charge in [-0.25, -0.2) is 8.42 Å². The zero-order valence-corrected chi connectivity index (χ0v) is 16.0. The fraction of sp³-hybridized carbons (Fsp3) is 0.133. The van der Waals surface area contributed by atoms with Crippen molar-refractivity contribution in [2.45, 2.75) is 17.9 Å². The summed E-state index contributed by atoms with van der Waals surface area (Å²) in [5, 5.41) is 10.3. The second-order valence-corrected chi connectivity index (χ2v) is 7.97. The van der Waals surface area contributed by atoms with Crippen molar-refractivity contribution in [2.24, 2.45) is 0 Å². The highest BCUT2D eigenvalue weighted by atomic mass is 79.9. The molecular formula is C15H12BrClN2O5S. The van der Waals surface area contributed by atoms with Crippen LogP contribution in [0, 0.1) is 10.1 Å². The molecular weight excluding hydrogens is 436 g/mol. The highest BCUT2D eigenvalue weighted by Crippen LogP contribution is 2.35. The molecule has 0 aliphatic rings. The fourth-order valence-corrected chi connectivity index (χ4v) is 4.75. The van der Waals surface area contributed by atoms with Crippen molar-refractivity contribution in [2.75, 3.05) is 4.31 Å². The van der Waals surface area contributed by atoms with Crippen molar-refractivity contribution < 1.29 is 18.1 Å². The molecule has 2 aromatic carbocycles.